The summed E-state index contributed by atoms with van der Waals surface area (Å²) in [6.45, 7) is 12.7. The molecule has 2 heteroatoms. The lowest BCUT2D eigenvalue weighted by molar-refractivity contribution is 0.124. The van der Waals surface area contributed by atoms with Crippen LogP contribution >= 0.6 is 0 Å². The van der Waals surface area contributed by atoms with Gasteiger partial charge < -0.3 is 5.32 Å². The van der Waals surface area contributed by atoms with Crippen LogP contribution in [0.15, 0.2) is 30.3 Å². The zero-order chi connectivity index (χ0) is 13.9. The van der Waals surface area contributed by atoms with E-state index >= 15 is 0 Å². The first-order chi connectivity index (χ1) is 8.96. The Kier molecular flexibility index (Phi) is 4.64. The van der Waals surface area contributed by atoms with Gasteiger partial charge in [-0.05, 0) is 30.9 Å². The monoisotopic (exact) mass is 260 g/mol. The maximum absolute atomic E-state index is 3.67. The molecule has 0 amide bonds. The Bertz CT molecular complexity index is 380. The van der Waals surface area contributed by atoms with Gasteiger partial charge in [0, 0.05) is 25.2 Å². The highest BCUT2D eigenvalue weighted by Crippen LogP contribution is 2.23. The first-order valence-corrected chi connectivity index (χ1v) is 7.48. The van der Waals surface area contributed by atoms with Crippen molar-refractivity contribution in [2.45, 2.75) is 46.2 Å². The van der Waals surface area contributed by atoms with Gasteiger partial charge in [-0.25, -0.2) is 0 Å². The van der Waals surface area contributed by atoms with Crippen LogP contribution in [0.25, 0.3) is 0 Å². The molecule has 106 valence electrons. The molecule has 1 saturated heterocycles. The highest BCUT2D eigenvalue weighted by Gasteiger charge is 2.26. The number of hydrogen-bond acceptors (Lipinski definition) is 2. The van der Waals surface area contributed by atoms with Crippen molar-refractivity contribution < 1.29 is 0 Å². The van der Waals surface area contributed by atoms with Gasteiger partial charge in [0.2, 0.25) is 0 Å². The third-order valence-corrected chi connectivity index (χ3v) is 4.05. The van der Waals surface area contributed by atoms with Gasteiger partial charge in [0.25, 0.3) is 0 Å². The molecule has 0 radical (unpaired) electrons. The summed E-state index contributed by atoms with van der Waals surface area (Å²) in [6.07, 6.45) is 1.26. The fraction of sp³-hybridized carbons (Fsp3) is 0.647. The highest BCUT2D eigenvalue weighted by molar-refractivity contribution is 5.20. The maximum atomic E-state index is 3.67. The Labute approximate surface area is 118 Å². The second-order valence-electron chi connectivity index (χ2n) is 7.03. The summed E-state index contributed by atoms with van der Waals surface area (Å²) in [5, 5.41) is 3.67. The summed E-state index contributed by atoms with van der Waals surface area (Å²) in [5.41, 5.74) is 1.84. The molecule has 2 nitrogen and oxygen atoms in total. The van der Waals surface area contributed by atoms with Crippen molar-refractivity contribution in [2.24, 2.45) is 5.41 Å². The van der Waals surface area contributed by atoms with Crippen LogP contribution in [0.4, 0.5) is 0 Å². The van der Waals surface area contributed by atoms with Crippen molar-refractivity contribution in [3.8, 4) is 0 Å². The molecule has 2 rings (SSSR count). The third kappa shape index (κ3) is 4.32. The van der Waals surface area contributed by atoms with E-state index in [9.17, 15) is 0 Å². The fourth-order valence-corrected chi connectivity index (χ4v) is 2.62. The summed E-state index contributed by atoms with van der Waals surface area (Å²) in [6, 6.07) is 11.9. The molecule has 19 heavy (non-hydrogen) atoms. The summed E-state index contributed by atoms with van der Waals surface area (Å²) in [4.78, 5) is 2.64. The SMILES string of the molecule is CC1CNC(c2ccccc2)CN1CCC(C)(C)C. The molecule has 0 bridgehead atoms. The van der Waals surface area contributed by atoms with E-state index in [1.54, 1.807) is 0 Å². The van der Waals surface area contributed by atoms with Gasteiger partial charge in [0.1, 0.15) is 0 Å². The molecule has 2 atom stereocenters. The predicted molar refractivity (Wildman–Crippen MR) is 82.3 cm³/mol. The van der Waals surface area contributed by atoms with Crippen LogP contribution < -0.4 is 5.32 Å². The van der Waals surface area contributed by atoms with Crippen molar-refractivity contribution in [1.29, 1.82) is 0 Å². The Morgan fingerprint density at radius 3 is 2.53 bits per heavy atom. The quantitative estimate of drug-likeness (QED) is 0.895. The van der Waals surface area contributed by atoms with E-state index in [0.29, 0.717) is 17.5 Å². The van der Waals surface area contributed by atoms with Crippen LogP contribution in [0.3, 0.4) is 0 Å². The van der Waals surface area contributed by atoms with E-state index in [-0.39, 0.29) is 0 Å². The van der Waals surface area contributed by atoms with Crippen LogP contribution in [0, 0.1) is 5.41 Å². The van der Waals surface area contributed by atoms with Gasteiger partial charge in [-0.2, -0.15) is 0 Å². The maximum Gasteiger partial charge on any atom is 0.0449 e. The van der Waals surface area contributed by atoms with Crippen molar-refractivity contribution in [3.63, 3.8) is 0 Å². The largest absolute Gasteiger partial charge is 0.307 e. The van der Waals surface area contributed by atoms with Crippen LogP contribution in [0.5, 0.6) is 0 Å². The minimum absolute atomic E-state index is 0.423. The fourth-order valence-electron chi connectivity index (χ4n) is 2.62. The molecule has 1 fully saturated rings. The number of nitrogens with zero attached hydrogens (tertiary/aromatic N) is 1. The molecule has 1 N–H and O–H groups in total. The van der Waals surface area contributed by atoms with Gasteiger partial charge in [-0.15, -0.1) is 0 Å². The van der Waals surface area contributed by atoms with E-state index in [1.165, 1.54) is 18.5 Å². The van der Waals surface area contributed by atoms with Crippen LogP contribution in [0.1, 0.15) is 45.7 Å². The number of benzene rings is 1. The lowest BCUT2D eigenvalue weighted by Gasteiger charge is -2.40. The molecular formula is C17H28N2. The van der Waals surface area contributed by atoms with Gasteiger partial charge in [-0.3, -0.25) is 4.90 Å². The standard InChI is InChI=1S/C17H28N2/c1-14-12-18-16(15-8-6-5-7-9-15)13-19(14)11-10-17(2,3)4/h5-9,14,16,18H,10-13H2,1-4H3. The van der Waals surface area contributed by atoms with Crippen molar-refractivity contribution in [2.75, 3.05) is 19.6 Å². The van der Waals surface area contributed by atoms with E-state index in [1.807, 2.05) is 0 Å². The number of nitrogens with one attached hydrogen (secondary N) is 1. The van der Waals surface area contributed by atoms with Gasteiger partial charge in [0.15, 0.2) is 0 Å². The lowest BCUT2D eigenvalue weighted by atomic mass is 9.91. The lowest BCUT2D eigenvalue weighted by Crippen LogP contribution is -2.51. The van der Waals surface area contributed by atoms with Crippen molar-refractivity contribution in [1.82, 2.24) is 10.2 Å². The summed E-state index contributed by atoms with van der Waals surface area (Å²) in [5.74, 6) is 0. The molecule has 1 aliphatic rings. The second-order valence-corrected chi connectivity index (χ2v) is 7.03. The summed E-state index contributed by atoms with van der Waals surface area (Å²) >= 11 is 0. The van der Waals surface area contributed by atoms with E-state index < -0.39 is 0 Å². The number of piperazine rings is 1. The predicted octanol–water partition coefficient (Wildman–Crippen LogP) is 3.46. The number of hydrogen-bond donors (Lipinski definition) is 1. The second kappa shape index (κ2) is 6.06. The molecule has 1 heterocycles. The Morgan fingerprint density at radius 1 is 1.21 bits per heavy atom. The molecule has 0 spiro atoms. The zero-order valence-corrected chi connectivity index (χ0v) is 12.8. The van der Waals surface area contributed by atoms with E-state index in [0.717, 1.165) is 13.1 Å². The normalized spacial score (nSPS) is 25.5. The van der Waals surface area contributed by atoms with Crippen molar-refractivity contribution in [3.05, 3.63) is 35.9 Å². The zero-order valence-electron chi connectivity index (χ0n) is 12.8. The van der Waals surface area contributed by atoms with Gasteiger partial charge in [-0.1, -0.05) is 51.1 Å². The first-order valence-electron chi connectivity index (χ1n) is 7.48. The Morgan fingerprint density at radius 2 is 1.89 bits per heavy atom. The Balaban J connectivity index is 1.96. The van der Waals surface area contributed by atoms with E-state index in [2.05, 4.69) is 68.2 Å². The minimum Gasteiger partial charge on any atom is -0.307 e. The van der Waals surface area contributed by atoms with Gasteiger partial charge >= 0.3 is 0 Å². The smallest absolute Gasteiger partial charge is 0.0449 e. The van der Waals surface area contributed by atoms with Gasteiger partial charge in [0.05, 0.1) is 0 Å². The minimum atomic E-state index is 0.423. The molecule has 1 aliphatic heterocycles. The average Bonchev–Trinajstić information content (AvgIpc) is 2.38. The molecule has 1 aromatic rings. The molecule has 0 saturated carbocycles. The highest BCUT2D eigenvalue weighted by atomic mass is 15.2. The summed E-state index contributed by atoms with van der Waals surface area (Å²) in [7, 11) is 0. The Hall–Kier alpha value is -0.860. The number of rotatable bonds is 3. The topological polar surface area (TPSA) is 15.3 Å². The van der Waals surface area contributed by atoms with E-state index in [4.69, 9.17) is 0 Å². The van der Waals surface area contributed by atoms with Crippen LogP contribution in [-0.2, 0) is 0 Å². The molecule has 1 aromatic carbocycles. The molecule has 0 aliphatic carbocycles. The molecule has 2 unspecified atom stereocenters. The van der Waals surface area contributed by atoms with Crippen LogP contribution in [-0.4, -0.2) is 30.6 Å². The average molecular weight is 260 g/mol. The molecular weight excluding hydrogens is 232 g/mol. The van der Waals surface area contributed by atoms with Crippen molar-refractivity contribution >= 4 is 0 Å². The summed E-state index contributed by atoms with van der Waals surface area (Å²) < 4.78 is 0. The first kappa shape index (κ1) is 14.5. The third-order valence-electron chi connectivity index (χ3n) is 4.05. The molecule has 0 aromatic heterocycles. The van der Waals surface area contributed by atoms with Crippen LogP contribution in [0.2, 0.25) is 0 Å².